The van der Waals surface area contributed by atoms with Crippen LogP contribution in [0.1, 0.15) is 36.6 Å². The van der Waals surface area contributed by atoms with Crippen LogP contribution >= 0.6 is 11.3 Å². The summed E-state index contributed by atoms with van der Waals surface area (Å²) in [5.41, 5.74) is 0.183. The Morgan fingerprint density at radius 3 is 2.50 bits per heavy atom. The van der Waals surface area contributed by atoms with Gasteiger partial charge in [0.1, 0.15) is 6.10 Å². The number of hydrogen-bond donors (Lipinski definition) is 2. The minimum atomic E-state index is -0.374. The Hall–Kier alpha value is -0.380. The average Bonchev–Trinajstić information content (AvgIpc) is 2.51. The molecule has 0 aliphatic carbocycles. The lowest BCUT2D eigenvalue weighted by Crippen LogP contribution is -2.15. The molecule has 0 radical (unpaired) electrons. The monoisotopic (exact) mass is 213 g/mol. The Labute approximate surface area is 90.0 Å². The largest absolute Gasteiger partial charge is 0.386 e. The van der Waals surface area contributed by atoms with Crippen molar-refractivity contribution >= 4 is 11.3 Å². The molecule has 1 aromatic rings. The van der Waals surface area contributed by atoms with Gasteiger partial charge in [-0.25, -0.2) is 0 Å². The van der Waals surface area contributed by atoms with Crippen molar-refractivity contribution in [2.45, 2.75) is 32.3 Å². The molecular formula is C11H19NOS. The van der Waals surface area contributed by atoms with E-state index in [0.717, 1.165) is 4.88 Å². The van der Waals surface area contributed by atoms with Gasteiger partial charge < -0.3 is 10.4 Å². The molecule has 80 valence electrons. The van der Waals surface area contributed by atoms with Crippen LogP contribution in [0.25, 0.3) is 0 Å². The highest BCUT2D eigenvalue weighted by Crippen LogP contribution is 2.31. The van der Waals surface area contributed by atoms with Gasteiger partial charge in [-0.2, -0.15) is 0 Å². The molecule has 0 amide bonds. The summed E-state index contributed by atoms with van der Waals surface area (Å²) < 4.78 is 0. The molecule has 0 aliphatic heterocycles. The molecular weight excluding hydrogens is 194 g/mol. The maximum absolute atomic E-state index is 9.75. The predicted molar refractivity (Wildman–Crippen MR) is 61.9 cm³/mol. The normalized spacial score (nSPS) is 14.4. The van der Waals surface area contributed by atoms with Crippen molar-refractivity contribution < 1.29 is 5.11 Å². The standard InChI is InChI=1S/C11H19NOS/c1-11(2,3)10-6-5-9(14-10)8(13)7-12-4/h5-6,8,12-13H,7H2,1-4H3. The van der Waals surface area contributed by atoms with Crippen LogP contribution in [0.2, 0.25) is 0 Å². The third kappa shape index (κ3) is 2.80. The van der Waals surface area contributed by atoms with Crippen molar-refractivity contribution in [3.63, 3.8) is 0 Å². The second kappa shape index (κ2) is 4.43. The summed E-state index contributed by atoms with van der Waals surface area (Å²) >= 11 is 1.70. The van der Waals surface area contributed by atoms with Gasteiger partial charge in [0.15, 0.2) is 0 Å². The van der Waals surface area contributed by atoms with Crippen molar-refractivity contribution in [2.24, 2.45) is 0 Å². The van der Waals surface area contributed by atoms with Crippen LogP contribution in [0.5, 0.6) is 0 Å². The Morgan fingerprint density at radius 1 is 1.43 bits per heavy atom. The van der Waals surface area contributed by atoms with Crippen molar-refractivity contribution in [1.82, 2.24) is 5.32 Å². The minimum absolute atomic E-state index is 0.183. The van der Waals surface area contributed by atoms with Gasteiger partial charge in [0, 0.05) is 16.3 Å². The fourth-order valence-corrected chi connectivity index (χ4v) is 2.28. The van der Waals surface area contributed by atoms with E-state index in [-0.39, 0.29) is 11.5 Å². The second-order valence-electron chi connectivity index (χ2n) is 4.53. The number of hydrogen-bond acceptors (Lipinski definition) is 3. The van der Waals surface area contributed by atoms with Crippen molar-refractivity contribution in [2.75, 3.05) is 13.6 Å². The molecule has 2 N–H and O–H groups in total. The predicted octanol–water partition coefficient (Wildman–Crippen LogP) is 2.30. The number of thiophene rings is 1. The number of rotatable bonds is 3. The third-order valence-corrected chi connectivity index (χ3v) is 3.70. The molecule has 1 rings (SSSR count). The van der Waals surface area contributed by atoms with Crippen LogP contribution in [-0.4, -0.2) is 18.7 Å². The summed E-state index contributed by atoms with van der Waals surface area (Å²) in [4.78, 5) is 2.37. The molecule has 0 aliphatic rings. The van der Waals surface area contributed by atoms with Crippen molar-refractivity contribution in [1.29, 1.82) is 0 Å². The first-order valence-corrected chi connectivity index (χ1v) is 5.69. The Morgan fingerprint density at radius 2 is 2.07 bits per heavy atom. The molecule has 0 bridgehead atoms. The molecule has 0 aromatic carbocycles. The quantitative estimate of drug-likeness (QED) is 0.807. The van der Waals surface area contributed by atoms with Crippen LogP contribution in [0.15, 0.2) is 12.1 Å². The van der Waals surface area contributed by atoms with Gasteiger partial charge in [0.2, 0.25) is 0 Å². The molecule has 3 heteroatoms. The minimum Gasteiger partial charge on any atom is -0.386 e. The first-order chi connectivity index (χ1) is 6.45. The fraction of sp³-hybridized carbons (Fsp3) is 0.636. The Bertz CT molecular complexity index is 288. The smallest absolute Gasteiger partial charge is 0.101 e. The van der Waals surface area contributed by atoms with Gasteiger partial charge >= 0.3 is 0 Å². The van der Waals surface area contributed by atoms with E-state index >= 15 is 0 Å². The van der Waals surface area contributed by atoms with E-state index in [2.05, 4.69) is 32.2 Å². The molecule has 1 heterocycles. The maximum Gasteiger partial charge on any atom is 0.101 e. The van der Waals surface area contributed by atoms with Crippen LogP contribution < -0.4 is 5.32 Å². The van der Waals surface area contributed by atoms with Gasteiger partial charge in [0.25, 0.3) is 0 Å². The summed E-state index contributed by atoms with van der Waals surface area (Å²) in [7, 11) is 1.85. The average molecular weight is 213 g/mol. The van der Waals surface area contributed by atoms with E-state index in [4.69, 9.17) is 0 Å². The van der Waals surface area contributed by atoms with Gasteiger partial charge in [-0.05, 0) is 24.6 Å². The number of aliphatic hydroxyl groups excluding tert-OH is 1. The van der Waals surface area contributed by atoms with Crippen molar-refractivity contribution in [3.05, 3.63) is 21.9 Å². The van der Waals surface area contributed by atoms with Gasteiger partial charge in [-0.3, -0.25) is 0 Å². The molecule has 0 saturated heterocycles. The van der Waals surface area contributed by atoms with E-state index in [9.17, 15) is 5.11 Å². The van der Waals surface area contributed by atoms with Crippen LogP contribution in [0.4, 0.5) is 0 Å². The molecule has 0 saturated carbocycles. The van der Waals surface area contributed by atoms with E-state index in [1.807, 2.05) is 13.1 Å². The number of likely N-dealkylation sites (N-methyl/N-ethyl adjacent to an activating group) is 1. The molecule has 1 unspecified atom stereocenters. The molecule has 1 aromatic heterocycles. The lowest BCUT2D eigenvalue weighted by molar-refractivity contribution is 0.181. The lowest BCUT2D eigenvalue weighted by Gasteiger charge is -2.15. The third-order valence-electron chi connectivity index (χ3n) is 2.09. The van der Waals surface area contributed by atoms with E-state index in [1.54, 1.807) is 11.3 Å². The van der Waals surface area contributed by atoms with Gasteiger partial charge in [-0.1, -0.05) is 20.8 Å². The maximum atomic E-state index is 9.75. The van der Waals surface area contributed by atoms with Crippen LogP contribution in [0, 0.1) is 0 Å². The topological polar surface area (TPSA) is 32.3 Å². The molecule has 14 heavy (non-hydrogen) atoms. The first kappa shape index (κ1) is 11.7. The van der Waals surface area contributed by atoms with E-state index in [0.29, 0.717) is 6.54 Å². The Balaban J connectivity index is 2.78. The van der Waals surface area contributed by atoms with Crippen LogP contribution in [0.3, 0.4) is 0 Å². The summed E-state index contributed by atoms with van der Waals surface area (Å²) in [6.07, 6.45) is -0.374. The SMILES string of the molecule is CNCC(O)c1ccc(C(C)(C)C)s1. The molecule has 2 nitrogen and oxygen atoms in total. The molecule has 0 spiro atoms. The summed E-state index contributed by atoms with van der Waals surface area (Å²) in [6, 6.07) is 4.13. The number of nitrogens with one attached hydrogen (secondary N) is 1. The summed E-state index contributed by atoms with van der Waals surface area (Å²) in [5, 5.41) is 12.7. The highest BCUT2D eigenvalue weighted by molar-refractivity contribution is 7.12. The Kier molecular flexibility index (Phi) is 3.70. The van der Waals surface area contributed by atoms with Crippen molar-refractivity contribution in [3.8, 4) is 0 Å². The zero-order valence-corrected chi connectivity index (χ0v) is 10.1. The zero-order chi connectivity index (χ0) is 10.8. The fourth-order valence-electron chi connectivity index (χ4n) is 1.23. The summed E-state index contributed by atoms with van der Waals surface area (Å²) in [6.45, 7) is 7.18. The van der Waals surface area contributed by atoms with Gasteiger partial charge in [-0.15, -0.1) is 11.3 Å². The molecule has 0 fully saturated rings. The lowest BCUT2D eigenvalue weighted by atomic mass is 9.95. The van der Waals surface area contributed by atoms with E-state index in [1.165, 1.54) is 4.88 Å². The number of aliphatic hydroxyl groups is 1. The van der Waals surface area contributed by atoms with E-state index < -0.39 is 0 Å². The zero-order valence-electron chi connectivity index (χ0n) is 9.29. The summed E-state index contributed by atoms with van der Waals surface area (Å²) in [5.74, 6) is 0. The van der Waals surface area contributed by atoms with Gasteiger partial charge in [0.05, 0.1) is 0 Å². The van der Waals surface area contributed by atoms with Crippen LogP contribution in [-0.2, 0) is 5.41 Å². The first-order valence-electron chi connectivity index (χ1n) is 4.88. The second-order valence-corrected chi connectivity index (χ2v) is 5.64. The highest BCUT2D eigenvalue weighted by atomic mass is 32.1. The molecule has 1 atom stereocenters. The highest BCUT2D eigenvalue weighted by Gasteiger charge is 2.18.